The van der Waals surface area contributed by atoms with Crippen LogP contribution in [0.15, 0.2) is 41.3 Å². The first-order chi connectivity index (χ1) is 17.4. The third-order valence-corrected chi connectivity index (χ3v) is 6.59. The molecule has 0 aromatic heterocycles. The van der Waals surface area contributed by atoms with Crippen LogP contribution in [0.5, 0.6) is 17.2 Å². The largest absolute Gasteiger partial charge is 0.493 e. The summed E-state index contributed by atoms with van der Waals surface area (Å²) in [5, 5.41) is 2.23. The molecule has 2 heterocycles. The van der Waals surface area contributed by atoms with Crippen LogP contribution in [0.2, 0.25) is 0 Å². The highest BCUT2D eigenvalue weighted by Crippen LogP contribution is 2.40. The summed E-state index contributed by atoms with van der Waals surface area (Å²) in [6.07, 6.45) is 1.55. The average molecular weight is 514 g/mol. The number of carbonyl (C=O) groups is 3. The molecule has 11 heteroatoms. The number of carbonyl (C=O) groups excluding carboxylic acids is 3. The fourth-order valence-corrected chi connectivity index (χ4v) is 4.73. The monoisotopic (exact) mass is 513 g/mol. The van der Waals surface area contributed by atoms with Crippen molar-refractivity contribution in [2.24, 2.45) is 0 Å². The molecule has 2 aliphatic rings. The Morgan fingerprint density at radius 3 is 2.25 bits per heavy atom. The number of benzene rings is 2. The van der Waals surface area contributed by atoms with Gasteiger partial charge in [-0.25, -0.2) is 0 Å². The Bertz CT molecular complexity index is 1150. The van der Waals surface area contributed by atoms with E-state index >= 15 is 0 Å². The first-order valence-electron chi connectivity index (χ1n) is 11.2. The van der Waals surface area contributed by atoms with E-state index in [1.807, 2.05) is 12.1 Å². The van der Waals surface area contributed by atoms with Crippen molar-refractivity contribution in [2.45, 2.75) is 0 Å². The number of ether oxygens (including phenoxy) is 4. The van der Waals surface area contributed by atoms with Crippen LogP contribution in [-0.4, -0.2) is 76.1 Å². The van der Waals surface area contributed by atoms with Gasteiger partial charge in [-0.05, 0) is 59.8 Å². The second kappa shape index (κ2) is 11.4. The molecule has 2 saturated heterocycles. The molecule has 0 bridgehead atoms. The summed E-state index contributed by atoms with van der Waals surface area (Å²) < 4.78 is 21.4. The molecule has 2 aliphatic heterocycles. The summed E-state index contributed by atoms with van der Waals surface area (Å²) in [5.41, 5.74) is 2.20. The molecule has 0 atom stereocenters. The zero-order valence-electron chi connectivity index (χ0n) is 20.2. The molecule has 2 aromatic rings. The Morgan fingerprint density at radius 1 is 1.03 bits per heavy atom. The SMILES string of the molecule is COc1cc(/C=C2/SC(=O)N(CC(=O)Nc3ccc(N4CCOCC4)cc3)C2=O)cc(OC)c1OC. The zero-order chi connectivity index (χ0) is 25.7. The highest BCUT2D eigenvalue weighted by Gasteiger charge is 2.36. The van der Waals surface area contributed by atoms with E-state index in [9.17, 15) is 14.4 Å². The van der Waals surface area contributed by atoms with Crippen molar-refractivity contribution in [3.05, 3.63) is 46.9 Å². The fraction of sp³-hybridized carbons (Fsp3) is 0.320. The molecule has 0 radical (unpaired) electrons. The minimum absolute atomic E-state index is 0.192. The maximum absolute atomic E-state index is 12.9. The molecule has 0 unspecified atom stereocenters. The van der Waals surface area contributed by atoms with Gasteiger partial charge in [0.1, 0.15) is 6.54 Å². The number of morpholine rings is 1. The van der Waals surface area contributed by atoms with E-state index in [2.05, 4.69) is 10.2 Å². The lowest BCUT2D eigenvalue weighted by Crippen LogP contribution is -2.36. The van der Waals surface area contributed by atoms with Crippen molar-refractivity contribution in [1.82, 2.24) is 4.90 Å². The number of amides is 3. The van der Waals surface area contributed by atoms with Gasteiger partial charge in [0, 0.05) is 24.5 Å². The fourth-order valence-electron chi connectivity index (χ4n) is 3.89. The number of nitrogens with one attached hydrogen (secondary N) is 1. The van der Waals surface area contributed by atoms with Crippen LogP contribution < -0.4 is 24.4 Å². The summed E-state index contributed by atoms with van der Waals surface area (Å²) in [7, 11) is 4.47. The number of hydrogen-bond donors (Lipinski definition) is 1. The van der Waals surface area contributed by atoms with E-state index < -0.39 is 17.1 Å². The van der Waals surface area contributed by atoms with E-state index in [1.54, 1.807) is 30.3 Å². The van der Waals surface area contributed by atoms with E-state index in [-0.39, 0.29) is 11.4 Å². The van der Waals surface area contributed by atoms with Crippen molar-refractivity contribution >= 4 is 46.3 Å². The van der Waals surface area contributed by atoms with Crippen molar-refractivity contribution in [3.63, 3.8) is 0 Å². The highest BCUT2D eigenvalue weighted by atomic mass is 32.2. The molecule has 2 aromatic carbocycles. The topological polar surface area (TPSA) is 107 Å². The first-order valence-corrected chi connectivity index (χ1v) is 12.0. The van der Waals surface area contributed by atoms with Gasteiger partial charge in [-0.1, -0.05) is 0 Å². The van der Waals surface area contributed by atoms with Gasteiger partial charge in [0.25, 0.3) is 11.1 Å². The first kappa shape index (κ1) is 25.4. The van der Waals surface area contributed by atoms with Crippen LogP contribution in [0, 0.1) is 0 Å². The number of thioether (sulfide) groups is 1. The number of imide groups is 1. The van der Waals surface area contributed by atoms with E-state index in [4.69, 9.17) is 18.9 Å². The highest BCUT2D eigenvalue weighted by molar-refractivity contribution is 8.18. The summed E-state index contributed by atoms with van der Waals surface area (Å²) in [4.78, 5) is 41.3. The van der Waals surface area contributed by atoms with Crippen LogP contribution in [0.25, 0.3) is 6.08 Å². The molecule has 3 amide bonds. The zero-order valence-corrected chi connectivity index (χ0v) is 21.1. The number of rotatable bonds is 8. The Kier molecular flexibility index (Phi) is 8.01. The van der Waals surface area contributed by atoms with Gasteiger partial charge in [0.15, 0.2) is 11.5 Å². The molecular weight excluding hydrogens is 486 g/mol. The molecule has 0 spiro atoms. The maximum Gasteiger partial charge on any atom is 0.294 e. The van der Waals surface area contributed by atoms with Gasteiger partial charge in [-0.15, -0.1) is 0 Å². The lowest BCUT2D eigenvalue weighted by atomic mass is 10.1. The van der Waals surface area contributed by atoms with Crippen molar-refractivity contribution in [2.75, 3.05) is 64.4 Å². The van der Waals surface area contributed by atoms with Crippen molar-refractivity contribution in [1.29, 1.82) is 0 Å². The third-order valence-electron chi connectivity index (χ3n) is 5.69. The van der Waals surface area contributed by atoms with E-state index in [1.165, 1.54) is 21.3 Å². The van der Waals surface area contributed by atoms with Gasteiger partial charge in [-0.2, -0.15) is 0 Å². The van der Waals surface area contributed by atoms with Gasteiger partial charge >= 0.3 is 0 Å². The standard InChI is InChI=1S/C25H27N3O7S/c1-32-19-12-16(13-20(33-2)23(19)34-3)14-21-24(30)28(25(31)36-21)15-22(29)26-17-4-6-18(7-5-17)27-8-10-35-11-9-27/h4-7,12-14H,8-11,15H2,1-3H3,(H,26,29)/b21-14+. The summed E-state index contributed by atoms with van der Waals surface area (Å²) in [6, 6.07) is 10.8. The minimum atomic E-state index is -0.545. The number of anilines is 2. The van der Waals surface area contributed by atoms with E-state index in [0.717, 1.165) is 35.4 Å². The van der Waals surface area contributed by atoms with Gasteiger partial charge in [0.2, 0.25) is 11.7 Å². The quantitative estimate of drug-likeness (QED) is 0.533. The Hall–Kier alpha value is -3.70. The van der Waals surface area contributed by atoms with Gasteiger partial charge in [-0.3, -0.25) is 19.3 Å². The number of hydrogen-bond acceptors (Lipinski definition) is 9. The number of nitrogens with zero attached hydrogens (tertiary/aromatic N) is 2. The molecule has 10 nitrogen and oxygen atoms in total. The molecule has 36 heavy (non-hydrogen) atoms. The van der Waals surface area contributed by atoms with Crippen LogP contribution in [0.3, 0.4) is 0 Å². The lowest BCUT2D eigenvalue weighted by Gasteiger charge is -2.28. The Balaban J connectivity index is 1.42. The maximum atomic E-state index is 12.9. The smallest absolute Gasteiger partial charge is 0.294 e. The minimum Gasteiger partial charge on any atom is -0.493 e. The van der Waals surface area contributed by atoms with Crippen LogP contribution in [0.1, 0.15) is 5.56 Å². The van der Waals surface area contributed by atoms with E-state index in [0.29, 0.717) is 41.7 Å². The van der Waals surface area contributed by atoms with Crippen molar-refractivity contribution < 1.29 is 33.3 Å². The molecule has 2 fully saturated rings. The molecule has 1 N–H and O–H groups in total. The van der Waals surface area contributed by atoms with Crippen LogP contribution in [-0.2, 0) is 14.3 Å². The summed E-state index contributed by atoms with van der Waals surface area (Å²) in [6.45, 7) is 2.61. The Labute approximate surface area is 213 Å². The summed E-state index contributed by atoms with van der Waals surface area (Å²) in [5.74, 6) is 0.240. The predicted octanol–water partition coefficient (Wildman–Crippen LogP) is 3.22. The molecule has 0 saturated carbocycles. The van der Waals surface area contributed by atoms with Crippen LogP contribution >= 0.6 is 11.8 Å². The summed E-state index contributed by atoms with van der Waals surface area (Å²) >= 11 is 0.769. The molecular formula is C25H27N3O7S. The normalized spacial score (nSPS) is 16.9. The molecule has 4 rings (SSSR count). The second-order valence-corrected chi connectivity index (χ2v) is 8.91. The lowest BCUT2D eigenvalue weighted by molar-refractivity contribution is -0.127. The van der Waals surface area contributed by atoms with Gasteiger partial charge < -0.3 is 29.2 Å². The van der Waals surface area contributed by atoms with Crippen LogP contribution in [0.4, 0.5) is 16.2 Å². The van der Waals surface area contributed by atoms with Crippen molar-refractivity contribution in [3.8, 4) is 17.2 Å². The molecule has 0 aliphatic carbocycles. The van der Waals surface area contributed by atoms with Gasteiger partial charge in [0.05, 0.1) is 39.4 Å². The third kappa shape index (κ3) is 5.58. The Morgan fingerprint density at radius 2 is 1.67 bits per heavy atom. The second-order valence-electron chi connectivity index (χ2n) is 7.92. The number of methoxy groups -OCH3 is 3. The predicted molar refractivity (Wildman–Crippen MR) is 137 cm³/mol. The average Bonchev–Trinajstić information content (AvgIpc) is 3.16. The molecule has 190 valence electrons.